The van der Waals surface area contributed by atoms with E-state index in [0.29, 0.717) is 6.54 Å². The fourth-order valence-corrected chi connectivity index (χ4v) is 4.64. The standard InChI is InChI=1S/C14H24N2O2S2/c1-2-3-11-20(17,18)15-12-13(14-7-6-10-19-14)16-8-4-5-9-16/h6-7,10,13,15H,2-5,8-9,11-12H2,1H3. The van der Waals surface area contributed by atoms with Crippen LogP contribution in [0.25, 0.3) is 0 Å². The predicted octanol–water partition coefficient (Wildman–Crippen LogP) is 2.60. The van der Waals surface area contributed by atoms with Gasteiger partial charge in [0.05, 0.1) is 11.8 Å². The monoisotopic (exact) mass is 316 g/mol. The quantitative estimate of drug-likeness (QED) is 0.802. The van der Waals surface area contributed by atoms with E-state index < -0.39 is 10.0 Å². The molecule has 4 nitrogen and oxygen atoms in total. The molecule has 1 aromatic heterocycles. The summed E-state index contributed by atoms with van der Waals surface area (Å²) in [4.78, 5) is 3.65. The summed E-state index contributed by atoms with van der Waals surface area (Å²) in [5.74, 6) is 0.237. The molecule has 1 atom stereocenters. The summed E-state index contributed by atoms with van der Waals surface area (Å²) in [5, 5.41) is 2.06. The molecular formula is C14H24N2O2S2. The Balaban J connectivity index is 1.98. The van der Waals surface area contributed by atoms with Crippen molar-refractivity contribution in [2.75, 3.05) is 25.4 Å². The van der Waals surface area contributed by atoms with Crippen molar-refractivity contribution in [3.05, 3.63) is 22.4 Å². The molecule has 0 saturated carbocycles. The van der Waals surface area contributed by atoms with E-state index in [1.54, 1.807) is 11.3 Å². The smallest absolute Gasteiger partial charge is 0.211 e. The Morgan fingerprint density at radius 2 is 2.15 bits per heavy atom. The minimum absolute atomic E-state index is 0.189. The third kappa shape index (κ3) is 4.55. The normalized spacial score (nSPS) is 18.4. The largest absolute Gasteiger partial charge is 0.294 e. The number of sulfonamides is 1. The van der Waals surface area contributed by atoms with Crippen LogP contribution < -0.4 is 4.72 Å². The van der Waals surface area contributed by atoms with Crippen LogP contribution >= 0.6 is 11.3 Å². The molecule has 1 saturated heterocycles. The lowest BCUT2D eigenvalue weighted by molar-refractivity contribution is 0.250. The van der Waals surface area contributed by atoms with Gasteiger partial charge in [0.2, 0.25) is 10.0 Å². The van der Waals surface area contributed by atoms with Gasteiger partial charge in [0.15, 0.2) is 0 Å². The average Bonchev–Trinajstić information content (AvgIpc) is 3.09. The van der Waals surface area contributed by atoms with E-state index in [0.717, 1.165) is 25.9 Å². The van der Waals surface area contributed by atoms with E-state index in [1.165, 1.54) is 17.7 Å². The van der Waals surface area contributed by atoms with Crippen molar-refractivity contribution in [3.63, 3.8) is 0 Å². The van der Waals surface area contributed by atoms with E-state index in [4.69, 9.17) is 0 Å². The fraction of sp³-hybridized carbons (Fsp3) is 0.714. The highest BCUT2D eigenvalue weighted by Gasteiger charge is 2.25. The van der Waals surface area contributed by atoms with Gasteiger partial charge in [-0.1, -0.05) is 19.4 Å². The molecule has 0 radical (unpaired) electrons. The molecular weight excluding hydrogens is 292 g/mol. The van der Waals surface area contributed by atoms with Crippen LogP contribution in [-0.4, -0.2) is 38.7 Å². The Hall–Kier alpha value is -0.430. The third-order valence-corrected chi connectivity index (χ3v) is 6.12. The summed E-state index contributed by atoms with van der Waals surface area (Å²) >= 11 is 1.71. The second kappa shape index (κ2) is 7.54. The molecule has 1 fully saturated rings. The summed E-state index contributed by atoms with van der Waals surface area (Å²) in [6.45, 7) is 4.64. The molecule has 6 heteroatoms. The van der Waals surface area contributed by atoms with E-state index in [-0.39, 0.29) is 11.8 Å². The molecule has 2 heterocycles. The number of nitrogens with zero attached hydrogens (tertiary/aromatic N) is 1. The average molecular weight is 316 g/mol. The number of thiophene rings is 1. The van der Waals surface area contributed by atoms with Gasteiger partial charge in [-0.3, -0.25) is 4.90 Å². The molecule has 1 aliphatic rings. The van der Waals surface area contributed by atoms with Crippen molar-refractivity contribution in [2.45, 2.75) is 38.6 Å². The van der Waals surface area contributed by atoms with Crippen molar-refractivity contribution in [1.82, 2.24) is 9.62 Å². The number of nitrogens with one attached hydrogen (secondary N) is 1. The van der Waals surface area contributed by atoms with Crippen LogP contribution in [0.4, 0.5) is 0 Å². The SMILES string of the molecule is CCCCS(=O)(=O)NCC(c1cccs1)N1CCCC1. The van der Waals surface area contributed by atoms with Crippen LogP contribution in [0.1, 0.15) is 43.5 Å². The molecule has 0 spiro atoms. The number of likely N-dealkylation sites (tertiary alicyclic amines) is 1. The van der Waals surface area contributed by atoms with Crippen molar-refractivity contribution in [3.8, 4) is 0 Å². The zero-order chi connectivity index (χ0) is 14.4. The van der Waals surface area contributed by atoms with Gasteiger partial charge >= 0.3 is 0 Å². The van der Waals surface area contributed by atoms with Crippen LogP contribution in [-0.2, 0) is 10.0 Å². The van der Waals surface area contributed by atoms with Gasteiger partial charge in [-0.25, -0.2) is 13.1 Å². The second-order valence-electron chi connectivity index (χ2n) is 5.30. The highest BCUT2D eigenvalue weighted by molar-refractivity contribution is 7.89. The first-order chi connectivity index (χ1) is 9.62. The lowest BCUT2D eigenvalue weighted by atomic mass is 10.2. The third-order valence-electron chi connectivity index (χ3n) is 3.72. The summed E-state index contributed by atoms with van der Waals surface area (Å²) in [7, 11) is -3.13. The van der Waals surface area contributed by atoms with Gasteiger partial charge in [-0.2, -0.15) is 0 Å². The number of hydrogen-bond acceptors (Lipinski definition) is 4. The van der Waals surface area contributed by atoms with Crippen molar-refractivity contribution in [1.29, 1.82) is 0 Å². The molecule has 0 aliphatic carbocycles. The minimum Gasteiger partial charge on any atom is -0.294 e. The maximum Gasteiger partial charge on any atom is 0.211 e. The Bertz CT molecular complexity index is 479. The Kier molecular flexibility index (Phi) is 6.01. The first kappa shape index (κ1) is 15.9. The van der Waals surface area contributed by atoms with Crippen LogP contribution in [0, 0.1) is 0 Å². The van der Waals surface area contributed by atoms with E-state index >= 15 is 0 Å². The van der Waals surface area contributed by atoms with Crippen LogP contribution in [0.3, 0.4) is 0 Å². The zero-order valence-electron chi connectivity index (χ0n) is 12.0. The Labute approximate surface area is 126 Å². The lowest BCUT2D eigenvalue weighted by Crippen LogP contribution is -2.37. The lowest BCUT2D eigenvalue weighted by Gasteiger charge is -2.26. The van der Waals surface area contributed by atoms with Gasteiger partial charge in [-0.05, 0) is 43.8 Å². The molecule has 1 aromatic rings. The number of unbranched alkanes of at least 4 members (excludes halogenated alkanes) is 1. The Morgan fingerprint density at radius 3 is 2.75 bits per heavy atom. The fourth-order valence-electron chi connectivity index (χ4n) is 2.56. The van der Waals surface area contributed by atoms with Crippen LogP contribution in [0.15, 0.2) is 17.5 Å². The maximum atomic E-state index is 12.0. The summed E-state index contributed by atoms with van der Waals surface area (Å²) in [5.41, 5.74) is 0. The summed E-state index contributed by atoms with van der Waals surface area (Å²) in [6.07, 6.45) is 4.05. The van der Waals surface area contributed by atoms with E-state index in [1.807, 2.05) is 13.0 Å². The molecule has 0 bridgehead atoms. The zero-order valence-corrected chi connectivity index (χ0v) is 13.7. The van der Waals surface area contributed by atoms with Crippen molar-refractivity contribution < 1.29 is 8.42 Å². The van der Waals surface area contributed by atoms with Gasteiger partial charge in [0.25, 0.3) is 0 Å². The molecule has 2 rings (SSSR count). The van der Waals surface area contributed by atoms with Crippen molar-refractivity contribution >= 4 is 21.4 Å². The van der Waals surface area contributed by atoms with E-state index in [2.05, 4.69) is 21.1 Å². The Morgan fingerprint density at radius 1 is 1.40 bits per heavy atom. The molecule has 114 valence electrons. The van der Waals surface area contributed by atoms with Gasteiger partial charge in [0, 0.05) is 11.4 Å². The van der Waals surface area contributed by atoms with Crippen molar-refractivity contribution in [2.24, 2.45) is 0 Å². The highest BCUT2D eigenvalue weighted by Crippen LogP contribution is 2.27. The molecule has 20 heavy (non-hydrogen) atoms. The second-order valence-corrected chi connectivity index (χ2v) is 8.20. The summed E-state index contributed by atoms with van der Waals surface area (Å²) < 4.78 is 26.7. The molecule has 1 N–H and O–H groups in total. The topological polar surface area (TPSA) is 49.4 Å². The van der Waals surface area contributed by atoms with Gasteiger partial charge in [0.1, 0.15) is 0 Å². The molecule has 1 aliphatic heterocycles. The van der Waals surface area contributed by atoms with Gasteiger partial charge in [-0.15, -0.1) is 11.3 Å². The first-order valence-electron chi connectivity index (χ1n) is 7.37. The predicted molar refractivity (Wildman–Crippen MR) is 84.6 cm³/mol. The maximum absolute atomic E-state index is 12.0. The number of hydrogen-bond donors (Lipinski definition) is 1. The molecule has 0 amide bonds. The first-order valence-corrected chi connectivity index (χ1v) is 9.90. The van der Waals surface area contributed by atoms with Gasteiger partial charge < -0.3 is 0 Å². The molecule has 1 unspecified atom stereocenters. The minimum atomic E-state index is -3.13. The molecule has 0 aromatic carbocycles. The summed E-state index contributed by atoms with van der Waals surface area (Å²) in [6, 6.07) is 4.33. The highest BCUT2D eigenvalue weighted by atomic mass is 32.2. The number of rotatable bonds is 8. The van der Waals surface area contributed by atoms with Crippen LogP contribution in [0.5, 0.6) is 0 Å². The van der Waals surface area contributed by atoms with Crippen LogP contribution in [0.2, 0.25) is 0 Å². The van der Waals surface area contributed by atoms with E-state index in [9.17, 15) is 8.42 Å².